The number of nitrogen functional groups attached to an aromatic ring is 1. The summed E-state index contributed by atoms with van der Waals surface area (Å²) in [5.41, 5.74) is 9.17. The van der Waals surface area contributed by atoms with Crippen LogP contribution in [0.3, 0.4) is 0 Å². The van der Waals surface area contributed by atoms with Crippen molar-refractivity contribution in [3.63, 3.8) is 0 Å². The molecular weight excluding hydrogens is 466 g/mol. The van der Waals surface area contributed by atoms with Gasteiger partial charge in [0.05, 0.1) is 11.7 Å². The molecule has 4 heterocycles. The Kier molecular flexibility index (Phi) is 6.93. The number of hydrogen-bond acceptors (Lipinski definition) is 6. The summed E-state index contributed by atoms with van der Waals surface area (Å²) in [6.45, 7) is 2.53. The zero-order valence-corrected chi connectivity index (χ0v) is 20.7. The average Bonchev–Trinajstić information content (AvgIpc) is 3.13. The Hall–Kier alpha value is -4.53. The highest BCUT2D eigenvalue weighted by molar-refractivity contribution is 6.06. The van der Waals surface area contributed by atoms with Crippen molar-refractivity contribution in [2.75, 3.05) is 17.6 Å². The largest absolute Gasteiger partial charge is 0.382 e. The van der Waals surface area contributed by atoms with Gasteiger partial charge in [-0.25, -0.2) is 15.0 Å². The lowest BCUT2D eigenvalue weighted by molar-refractivity contribution is -0.130. The van der Waals surface area contributed by atoms with Gasteiger partial charge in [0, 0.05) is 30.7 Å². The van der Waals surface area contributed by atoms with Gasteiger partial charge >= 0.3 is 0 Å². The summed E-state index contributed by atoms with van der Waals surface area (Å²) in [6.07, 6.45) is 19.2. The van der Waals surface area contributed by atoms with Gasteiger partial charge in [0.2, 0.25) is 5.91 Å². The highest BCUT2D eigenvalue weighted by Crippen LogP contribution is 2.35. The molecule has 3 aromatic heterocycles. The van der Waals surface area contributed by atoms with E-state index < -0.39 is 0 Å². The van der Waals surface area contributed by atoms with Crippen LogP contribution in [-0.2, 0) is 9.59 Å². The first-order valence-electron chi connectivity index (χ1n) is 12.4. The Morgan fingerprint density at radius 3 is 2.86 bits per heavy atom. The predicted octanol–water partition coefficient (Wildman–Crippen LogP) is 4.24. The van der Waals surface area contributed by atoms with Gasteiger partial charge in [-0.05, 0) is 62.5 Å². The van der Waals surface area contributed by atoms with Crippen molar-refractivity contribution in [1.82, 2.24) is 24.3 Å². The lowest BCUT2D eigenvalue weighted by Gasteiger charge is -2.34. The van der Waals surface area contributed by atoms with Crippen molar-refractivity contribution in [2.24, 2.45) is 0 Å². The molecule has 0 aromatic carbocycles. The third kappa shape index (κ3) is 4.93. The first kappa shape index (κ1) is 24.2. The molecule has 1 aliphatic heterocycles. The molecule has 0 bridgehead atoms. The fraction of sp³-hybridized carbons (Fsp3) is 0.250. The van der Waals surface area contributed by atoms with Crippen molar-refractivity contribution in [1.29, 1.82) is 0 Å². The summed E-state index contributed by atoms with van der Waals surface area (Å²) < 4.78 is 1.96. The number of nitrogens with one attached hydrogen (secondary N) is 1. The Morgan fingerprint density at radius 1 is 1.16 bits per heavy atom. The molecule has 37 heavy (non-hydrogen) atoms. The molecule has 3 N–H and O–H groups in total. The molecule has 9 nitrogen and oxygen atoms in total. The molecule has 2 aliphatic rings. The minimum absolute atomic E-state index is 0.0179. The van der Waals surface area contributed by atoms with Gasteiger partial charge in [0.25, 0.3) is 5.91 Å². The van der Waals surface area contributed by atoms with E-state index in [1.165, 1.54) is 0 Å². The van der Waals surface area contributed by atoms with Gasteiger partial charge in [-0.15, -0.1) is 0 Å². The topological polar surface area (TPSA) is 119 Å². The average molecular weight is 496 g/mol. The summed E-state index contributed by atoms with van der Waals surface area (Å²) >= 11 is 0. The third-order valence-corrected chi connectivity index (χ3v) is 6.58. The van der Waals surface area contributed by atoms with Crippen molar-refractivity contribution in [2.45, 2.75) is 38.6 Å². The maximum absolute atomic E-state index is 12.9. The Bertz CT molecular complexity index is 1450. The Morgan fingerprint density at radius 2 is 2.05 bits per heavy atom. The zero-order valence-electron chi connectivity index (χ0n) is 20.7. The number of pyridine rings is 1. The quantitative estimate of drug-likeness (QED) is 0.511. The number of nitrogens with two attached hydrogens (primary N) is 1. The van der Waals surface area contributed by atoms with Crippen LogP contribution in [0, 0.1) is 0 Å². The normalized spacial score (nSPS) is 18.0. The number of hydrogen-bond donors (Lipinski definition) is 2. The second kappa shape index (κ2) is 10.6. The fourth-order valence-electron chi connectivity index (χ4n) is 4.83. The number of carbonyl (C=O) groups excluding carboxylic acids is 2. The fourth-order valence-corrected chi connectivity index (χ4v) is 4.83. The van der Waals surface area contributed by atoms with E-state index >= 15 is 0 Å². The van der Waals surface area contributed by atoms with Crippen LogP contribution in [-0.4, -0.2) is 42.6 Å². The maximum atomic E-state index is 12.9. The lowest BCUT2D eigenvalue weighted by Crippen LogP contribution is -2.38. The van der Waals surface area contributed by atoms with Crippen molar-refractivity contribution in [3.05, 3.63) is 90.3 Å². The first-order valence-corrected chi connectivity index (χ1v) is 12.4. The molecule has 3 aromatic rings. The SMILES string of the molecule is C/C=C/C(=O)N1CCCC[C@H]1c1nc(C2=CC=C(C(=O)Nc3ccccn3)C=CC2)c2c(N)nccn12. The summed E-state index contributed by atoms with van der Waals surface area (Å²) in [5.74, 6) is 1.36. The zero-order chi connectivity index (χ0) is 25.8. The number of amides is 2. The van der Waals surface area contributed by atoms with E-state index in [0.717, 1.165) is 30.7 Å². The second-order valence-electron chi connectivity index (χ2n) is 8.98. The van der Waals surface area contributed by atoms with E-state index in [4.69, 9.17) is 10.7 Å². The van der Waals surface area contributed by atoms with Crippen LogP contribution in [0.4, 0.5) is 11.6 Å². The number of fused-ring (bicyclic) bond motifs is 1. The van der Waals surface area contributed by atoms with Crippen LogP contribution >= 0.6 is 0 Å². The van der Waals surface area contributed by atoms with Gasteiger partial charge in [-0.2, -0.15) is 0 Å². The highest BCUT2D eigenvalue weighted by Gasteiger charge is 2.31. The summed E-state index contributed by atoms with van der Waals surface area (Å²) in [5, 5.41) is 2.81. The molecule has 0 spiro atoms. The lowest BCUT2D eigenvalue weighted by atomic mass is 10.0. The van der Waals surface area contributed by atoms with Crippen molar-refractivity contribution in [3.8, 4) is 0 Å². The Balaban J connectivity index is 1.53. The van der Waals surface area contributed by atoms with E-state index in [-0.39, 0.29) is 17.9 Å². The molecule has 5 rings (SSSR count). The number of anilines is 2. The summed E-state index contributed by atoms with van der Waals surface area (Å²) in [7, 11) is 0. The number of rotatable bonds is 5. The smallest absolute Gasteiger partial charge is 0.256 e. The maximum Gasteiger partial charge on any atom is 0.256 e. The van der Waals surface area contributed by atoms with Gasteiger partial charge < -0.3 is 16.0 Å². The highest BCUT2D eigenvalue weighted by atomic mass is 16.2. The standard InChI is InChI=1S/C28H29N7O2/c1-2-8-23(36)34-17-6-4-11-21(34)27-33-24(25-26(29)31-16-18-35(25)27)19-9-7-10-20(14-13-19)28(37)32-22-12-3-5-15-30-22/h2-3,5,7-8,10,12-16,18,21H,4,6,9,11,17H2,1H3,(H2,29,31)(H,30,32,37)/b8-2+/t21-/m0/s1. The first-order chi connectivity index (χ1) is 18.1. The van der Waals surface area contributed by atoms with E-state index in [0.29, 0.717) is 41.4 Å². The van der Waals surface area contributed by atoms with Gasteiger partial charge in [-0.3, -0.25) is 14.0 Å². The molecule has 1 fully saturated rings. The monoisotopic (exact) mass is 495 g/mol. The molecule has 1 aliphatic carbocycles. The molecule has 188 valence electrons. The van der Waals surface area contributed by atoms with Crippen LogP contribution < -0.4 is 11.1 Å². The molecule has 1 atom stereocenters. The molecule has 0 saturated carbocycles. The van der Waals surface area contributed by atoms with E-state index in [2.05, 4.69) is 15.3 Å². The number of imidazole rings is 1. The van der Waals surface area contributed by atoms with Crippen LogP contribution in [0.25, 0.3) is 11.1 Å². The van der Waals surface area contributed by atoms with Crippen molar-refractivity contribution >= 4 is 34.5 Å². The number of nitrogens with zero attached hydrogens (tertiary/aromatic N) is 5. The van der Waals surface area contributed by atoms with Gasteiger partial charge in [-0.1, -0.05) is 30.4 Å². The number of likely N-dealkylation sites (tertiary alicyclic amines) is 1. The van der Waals surface area contributed by atoms with Gasteiger partial charge in [0.1, 0.15) is 23.0 Å². The molecule has 2 amide bonds. The van der Waals surface area contributed by atoms with E-state index in [1.807, 2.05) is 40.6 Å². The predicted molar refractivity (Wildman–Crippen MR) is 143 cm³/mol. The third-order valence-electron chi connectivity index (χ3n) is 6.58. The number of carbonyl (C=O) groups is 2. The van der Waals surface area contributed by atoms with E-state index in [9.17, 15) is 9.59 Å². The molecule has 1 saturated heterocycles. The van der Waals surface area contributed by atoms with Crippen LogP contribution in [0.5, 0.6) is 0 Å². The minimum Gasteiger partial charge on any atom is -0.382 e. The van der Waals surface area contributed by atoms with Crippen LogP contribution in [0.15, 0.2) is 78.8 Å². The van der Waals surface area contributed by atoms with Crippen molar-refractivity contribution < 1.29 is 9.59 Å². The van der Waals surface area contributed by atoms with Gasteiger partial charge in [0.15, 0.2) is 0 Å². The number of piperidine rings is 1. The van der Waals surface area contributed by atoms with Crippen LogP contribution in [0.2, 0.25) is 0 Å². The number of allylic oxidation sites excluding steroid dienone is 5. The molecule has 9 heteroatoms. The minimum atomic E-state index is -0.246. The summed E-state index contributed by atoms with van der Waals surface area (Å²) in [6, 6.07) is 5.18. The molecular formula is C28H29N7O2. The second-order valence-corrected chi connectivity index (χ2v) is 8.98. The molecule has 0 radical (unpaired) electrons. The van der Waals surface area contributed by atoms with Crippen LogP contribution in [0.1, 0.15) is 50.2 Å². The molecule has 0 unspecified atom stereocenters. The summed E-state index contributed by atoms with van der Waals surface area (Å²) in [4.78, 5) is 41.1. The van der Waals surface area contributed by atoms with E-state index in [1.54, 1.807) is 48.8 Å². The Labute approximate surface area is 215 Å². The number of aromatic nitrogens is 4.